The van der Waals surface area contributed by atoms with Crippen LogP contribution >= 0.6 is 0 Å². The minimum atomic E-state index is 0.0395. The summed E-state index contributed by atoms with van der Waals surface area (Å²) < 4.78 is 16.5. The number of benzene rings is 2. The summed E-state index contributed by atoms with van der Waals surface area (Å²) in [5, 5.41) is 0. The van der Waals surface area contributed by atoms with Crippen LogP contribution in [-0.4, -0.2) is 59.3 Å². The van der Waals surface area contributed by atoms with Crippen molar-refractivity contribution in [3.8, 4) is 17.2 Å². The van der Waals surface area contributed by atoms with Gasteiger partial charge in [0, 0.05) is 50.6 Å². The van der Waals surface area contributed by atoms with Crippen LogP contribution in [0.3, 0.4) is 0 Å². The van der Waals surface area contributed by atoms with Crippen LogP contribution in [-0.2, 0) is 0 Å². The highest BCUT2D eigenvalue weighted by atomic mass is 16.5. The van der Waals surface area contributed by atoms with E-state index >= 15 is 0 Å². The first-order valence-electron chi connectivity index (χ1n) is 9.54. The standard InChI is InChI=1S/C23H28N2O4/c1-24(2)18-8-6-7-17(13-18)23(26)25-11-9-16(10-12-25)22-20(28-4)14-19(27-3)15-21(22)29-5/h6-9,13-15H,10-12H2,1-5H3. The molecule has 2 aromatic carbocycles. The number of hydrogen-bond donors (Lipinski definition) is 0. The van der Waals surface area contributed by atoms with Gasteiger partial charge in [-0.3, -0.25) is 4.79 Å². The SMILES string of the molecule is COc1cc(OC)c(C2=CCN(C(=O)c3cccc(N(C)C)c3)CC2)c(OC)c1. The van der Waals surface area contributed by atoms with E-state index in [2.05, 4.69) is 6.08 Å². The molecular weight excluding hydrogens is 368 g/mol. The molecule has 0 saturated heterocycles. The third-order valence-corrected chi connectivity index (χ3v) is 5.14. The number of anilines is 1. The Balaban J connectivity index is 1.84. The summed E-state index contributed by atoms with van der Waals surface area (Å²) in [6.07, 6.45) is 2.79. The fourth-order valence-corrected chi connectivity index (χ4v) is 3.50. The molecule has 29 heavy (non-hydrogen) atoms. The van der Waals surface area contributed by atoms with E-state index in [0.29, 0.717) is 35.9 Å². The van der Waals surface area contributed by atoms with Crippen molar-refractivity contribution < 1.29 is 19.0 Å². The van der Waals surface area contributed by atoms with E-state index in [1.165, 1.54) is 0 Å². The van der Waals surface area contributed by atoms with Crippen LogP contribution in [0.4, 0.5) is 5.69 Å². The lowest BCUT2D eigenvalue weighted by Crippen LogP contribution is -2.34. The van der Waals surface area contributed by atoms with E-state index in [0.717, 1.165) is 23.2 Å². The van der Waals surface area contributed by atoms with E-state index in [9.17, 15) is 4.79 Å². The molecule has 1 heterocycles. The van der Waals surface area contributed by atoms with Crippen molar-refractivity contribution in [2.75, 3.05) is 53.4 Å². The van der Waals surface area contributed by atoms with Crippen LogP contribution in [0.5, 0.6) is 17.2 Å². The first-order valence-corrected chi connectivity index (χ1v) is 9.54. The normalized spacial score (nSPS) is 13.6. The van der Waals surface area contributed by atoms with Crippen molar-refractivity contribution in [3.05, 3.63) is 53.6 Å². The minimum absolute atomic E-state index is 0.0395. The van der Waals surface area contributed by atoms with E-state index in [-0.39, 0.29) is 5.91 Å². The van der Waals surface area contributed by atoms with Crippen molar-refractivity contribution >= 4 is 17.2 Å². The third-order valence-electron chi connectivity index (χ3n) is 5.14. The lowest BCUT2D eigenvalue weighted by molar-refractivity contribution is 0.0773. The van der Waals surface area contributed by atoms with Gasteiger partial charge in [-0.15, -0.1) is 0 Å². The number of methoxy groups -OCH3 is 3. The fourth-order valence-electron chi connectivity index (χ4n) is 3.50. The van der Waals surface area contributed by atoms with Gasteiger partial charge >= 0.3 is 0 Å². The molecule has 0 aromatic heterocycles. The van der Waals surface area contributed by atoms with Crippen molar-refractivity contribution in [1.82, 2.24) is 4.90 Å². The maximum atomic E-state index is 13.0. The zero-order valence-electron chi connectivity index (χ0n) is 17.7. The lowest BCUT2D eigenvalue weighted by atomic mass is 9.96. The lowest BCUT2D eigenvalue weighted by Gasteiger charge is -2.28. The van der Waals surface area contributed by atoms with E-state index in [4.69, 9.17) is 14.2 Å². The van der Waals surface area contributed by atoms with E-state index < -0.39 is 0 Å². The van der Waals surface area contributed by atoms with Crippen LogP contribution in [0.1, 0.15) is 22.3 Å². The third kappa shape index (κ3) is 4.31. The molecule has 1 amide bonds. The number of hydrogen-bond acceptors (Lipinski definition) is 5. The van der Waals surface area contributed by atoms with Gasteiger partial charge in [-0.1, -0.05) is 12.1 Å². The Hall–Kier alpha value is -3.15. The summed E-state index contributed by atoms with van der Waals surface area (Å²) in [5.74, 6) is 2.12. The van der Waals surface area contributed by atoms with Crippen LogP contribution in [0, 0.1) is 0 Å². The van der Waals surface area contributed by atoms with Crippen molar-refractivity contribution in [3.63, 3.8) is 0 Å². The summed E-state index contributed by atoms with van der Waals surface area (Å²) in [7, 11) is 8.82. The second-order valence-corrected chi connectivity index (χ2v) is 7.08. The molecule has 1 aliphatic heterocycles. The van der Waals surface area contributed by atoms with Crippen LogP contribution in [0.15, 0.2) is 42.5 Å². The first kappa shape index (κ1) is 20.6. The molecule has 154 valence electrons. The summed E-state index contributed by atoms with van der Waals surface area (Å²) >= 11 is 0. The van der Waals surface area contributed by atoms with E-state index in [1.807, 2.05) is 60.3 Å². The fraction of sp³-hybridized carbons (Fsp3) is 0.348. The van der Waals surface area contributed by atoms with Gasteiger partial charge in [0.05, 0.1) is 26.9 Å². The zero-order valence-corrected chi connectivity index (χ0v) is 17.7. The summed E-state index contributed by atoms with van der Waals surface area (Å²) in [4.78, 5) is 16.8. The maximum Gasteiger partial charge on any atom is 0.254 e. The van der Waals surface area contributed by atoms with Crippen molar-refractivity contribution in [1.29, 1.82) is 0 Å². The molecule has 0 spiro atoms. The highest BCUT2D eigenvalue weighted by Crippen LogP contribution is 2.41. The molecule has 1 aliphatic rings. The Morgan fingerprint density at radius 1 is 1.00 bits per heavy atom. The highest BCUT2D eigenvalue weighted by Gasteiger charge is 2.23. The van der Waals surface area contributed by atoms with Crippen molar-refractivity contribution in [2.45, 2.75) is 6.42 Å². The van der Waals surface area contributed by atoms with Gasteiger partial charge in [-0.25, -0.2) is 0 Å². The van der Waals surface area contributed by atoms with Crippen LogP contribution in [0.25, 0.3) is 5.57 Å². The van der Waals surface area contributed by atoms with Gasteiger partial charge in [0.1, 0.15) is 17.2 Å². The predicted octanol–water partition coefficient (Wildman–Crippen LogP) is 3.71. The van der Waals surface area contributed by atoms with Crippen LogP contribution in [0.2, 0.25) is 0 Å². The van der Waals surface area contributed by atoms with Crippen LogP contribution < -0.4 is 19.1 Å². The molecule has 2 aromatic rings. The number of ether oxygens (including phenoxy) is 3. The summed E-state index contributed by atoms with van der Waals surface area (Å²) in [6.45, 7) is 1.17. The topological polar surface area (TPSA) is 51.2 Å². The molecule has 0 bridgehead atoms. The van der Waals surface area contributed by atoms with E-state index in [1.54, 1.807) is 21.3 Å². The first-order chi connectivity index (χ1) is 14.0. The Kier molecular flexibility index (Phi) is 6.32. The number of rotatable bonds is 6. The summed E-state index contributed by atoms with van der Waals surface area (Å²) in [6, 6.07) is 11.4. The van der Waals surface area contributed by atoms with Crippen molar-refractivity contribution in [2.24, 2.45) is 0 Å². The number of amides is 1. The Labute approximate surface area is 172 Å². The molecule has 0 N–H and O–H groups in total. The largest absolute Gasteiger partial charge is 0.496 e. The number of carbonyl (C=O) groups is 1. The molecule has 3 rings (SSSR count). The average Bonchev–Trinajstić information content (AvgIpc) is 2.77. The molecule has 0 saturated carbocycles. The van der Waals surface area contributed by atoms with Gasteiger partial charge in [-0.05, 0) is 30.2 Å². The summed E-state index contributed by atoms with van der Waals surface area (Å²) in [5.41, 5.74) is 3.73. The van der Waals surface area contributed by atoms with Gasteiger partial charge < -0.3 is 24.0 Å². The predicted molar refractivity (Wildman–Crippen MR) is 115 cm³/mol. The van der Waals surface area contributed by atoms with Gasteiger partial charge in [0.25, 0.3) is 5.91 Å². The second-order valence-electron chi connectivity index (χ2n) is 7.08. The number of nitrogens with zero attached hydrogens (tertiary/aromatic N) is 2. The second kappa shape index (κ2) is 8.90. The number of carbonyl (C=O) groups excluding carboxylic acids is 1. The van der Waals surface area contributed by atoms with Gasteiger partial charge in [0.15, 0.2) is 0 Å². The molecule has 0 atom stereocenters. The molecular formula is C23H28N2O4. The smallest absolute Gasteiger partial charge is 0.254 e. The highest BCUT2D eigenvalue weighted by molar-refractivity contribution is 5.96. The molecule has 0 unspecified atom stereocenters. The quantitative estimate of drug-likeness (QED) is 0.745. The Morgan fingerprint density at radius 2 is 1.69 bits per heavy atom. The molecule has 6 nitrogen and oxygen atoms in total. The monoisotopic (exact) mass is 396 g/mol. The Morgan fingerprint density at radius 3 is 2.21 bits per heavy atom. The molecule has 6 heteroatoms. The maximum absolute atomic E-state index is 13.0. The zero-order chi connectivity index (χ0) is 21.0. The molecule has 0 fully saturated rings. The van der Waals surface area contributed by atoms with Gasteiger partial charge in [0.2, 0.25) is 0 Å². The molecule has 0 aliphatic carbocycles. The Bertz CT molecular complexity index is 896. The minimum Gasteiger partial charge on any atom is -0.496 e. The van der Waals surface area contributed by atoms with Gasteiger partial charge in [-0.2, -0.15) is 0 Å². The molecule has 0 radical (unpaired) electrons. The average molecular weight is 396 g/mol.